The molecular weight excluding hydrogens is 336 g/mol. The van der Waals surface area contributed by atoms with Crippen LogP contribution < -0.4 is 20.1 Å². The minimum Gasteiger partial charge on any atom is -0.493 e. The molecule has 1 aromatic carbocycles. The van der Waals surface area contributed by atoms with Gasteiger partial charge in [0.15, 0.2) is 11.5 Å². The van der Waals surface area contributed by atoms with Crippen molar-refractivity contribution in [1.29, 1.82) is 0 Å². The molecule has 1 atom stereocenters. The van der Waals surface area contributed by atoms with Gasteiger partial charge in [-0.3, -0.25) is 9.59 Å². The van der Waals surface area contributed by atoms with Crippen LogP contribution in [-0.4, -0.2) is 51.8 Å². The molecule has 1 aliphatic heterocycles. The summed E-state index contributed by atoms with van der Waals surface area (Å²) in [5, 5.41) is 5.65. The van der Waals surface area contributed by atoms with E-state index in [2.05, 4.69) is 10.6 Å². The van der Waals surface area contributed by atoms with Crippen LogP contribution >= 0.6 is 0 Å². The highest BCUT2D eigenvalue weighted by atomic mass is 16.5. The molecule has 144 valence electrons. The van der Waals surface area contributed by atoms with Crippen molar-refractivity contribution in [3.05, 3.63) is 23.8 Å². The van der Waals surface area contributed by atoms with Gasteiger partial charge in [-0.05, 0) is 37.0 Å². The number of methoxy groups -OCH3 is 2. The molecule has 7 nitrogen and oxygen atoms in total. The van der Waals surface area contributed by atoms with E-state index in [0.717, 1.165) is 25.0 Å². The normalized spacial score (nSPS) is 16.2. The molecule has 2 N–H and O–H groups in total. The lowest BCUT2D eigenvalue weighted by Gasteiger charge is -2.11. The molecule has 26 heavy (non-hydrogen) atoms. The number of nitrogens with one attached hydrogen (secondary N) is 2. The van der Waals surface area contributed by atoms with Crippen LogP contribution in [0.25, 0.3) is 0 Å². The van der Waals surface area contributed by atoms with Gasteiger partial charge in [0.05, 0.1) is 20.3 Å². The molecule has 0 saturated carbocycles. The highest BCUT2D eigenvalue weighted by molar-refractivity contribution is 5.83. The van der Waals surface area contributed by atoms with E-state index in [-0.39, 0.29) is 30.8 Å². The first-order valence-electron chi connectivity index (χ1n) is 8.98. The van der Waals surface area contributed by atoms with Gasteiger partial charge in [0, 0.05) is 32.5 Å². The van der Waals surface area contributed by atoms with Gasteiger partial charge in [-0.1, -0.05) is 6.07 Å². The average Bonchev–Trinajstić information content (AvgIpc) is 3.18. The molecule has 0 bridgehead atoms. The second-order valence-corrected chi connectivity index (χ2v) is 6.23. The fraction of sp³-hybridized carbons (Fsp3) is 0.579. The third-order valence-corrected chi connectivity index (χ3v) is 4.31. The van der Waals surface area contributed by atoms with Gasteiger partial charge in [0.25, 0.3) is 0 Å². The molecule has 0 aromatic heterocycles. The lowest BCUT2D eigenvalue weighted by Crippen LogP contribution is -2.33. The number of hydrogen-bond donors (Lipinski definition) is 2. The van der Waals surface area contributed by atoms with E-state index in [4.69, 9.17) is 14.2 Å². The molecule has 1 unspecified atom stereocenters. The van der Waals surface area contributed by atoms with Gasteiger partial charge in [0.1, 0.15) is 0 Å². The smallest absolute Gasteiger partial charge is 0.220 e. The van der Waals surface area contributed by atoms with Crippen molar-refractivity contribution in [2.75, 3.05) is 33.9 Å². The number of amides is 2. The van der Waals surface area contributed by atoms with Gasteiger partial charge in [-0.2, -0.15) is 0 Å². The predicted octanol–water partition coefficient (Wildman–Crippen LogP) is 1.44. The van der Waals surface area contributed by atoms with Crippen LogP contribution in [0.5, 0.6) is 11.5 Å². The Balaban J connectivity index is 1.61. The van der Waals surface area contributed by atoms with E-state index in [1.807, 2.05) is 18.2 Å². The molecule has 0 aliphatic carbocycles. The third kappa shape index (κ3) is 6.55. The van der Waals surface area contributed by atoms with Gasteiger partial charge < -0.3 is 24.8 Å². The summed E-state index contributed by atoms with van der Waals surface area (Å²) in [6.45, 7) is 1.80. The van der Waals surface area contributed by atoms with Crippen molar-refractivity contribution >= 4 is 11.8 Å². The Bertz CT molecular complexity index is 600. The molecule has 1 saturated heterocycles. The second-order valence-electron chi connectivity index (χ2n) is 6.23. The Kier molecular flexibility index (Phi) is 8.21. The molecule has 0 spiro atoms. The monoisotopic (exact) mass is 364 g/mol. The van der Waals surface area contributed by atoms with Gasteiger partial charge in [0.2, 0.25) is 11.8 Å². The van der Waals surface area contributed by atoms with Crippen molar-refractivity contribution in [3.63, 3.8) is 0 Å². The summed E-state index contributed by atoms with van der Waals surface area (Å²) in [7, 11) is 3.18. The van der Waals surface area contributed by atoms with Gasteiger partial charge in [-0.25, -0.2) is 0 Å². The van der Waals surface area contributed by atoms with Gasteiger partial charge in [-0.15, -0.1) is 0 Å². The number of carbonyl (C=O) groups excluding carboxylic acids is 2. The molecule has 2 amide bonds. The maximum Gasteiger partial charge on any atom is 0.220 e. The predicted molar refractivity (Wildman–Crippen MR) is 97.5 cm³/mol. The van der Waals surface area contributed by atoms with E-state index in [9.17, 15) is 9.59 Å². The van der Waals surface area contributed by atoms with Crippen LogP contribution in [0.1, 0.15) is 31.2 Å². The Hall–Kier alpha value is -2.28. The fourth-order valence-electron chi connectivity index (χ4n) is 2.82. The van der Waals surface area contributed by atoms with Crippen molar-refractivity contribution in [1.82, 2.24) is 10.6 Å². The van der Waals surface area contributed by atoms with E-state index in [1.54, 1.807) is 14.2 Å². The lowest BCUT2D eigenvalue weighted by atomic mass is 10.1. The van der Waals surface area contributed by atoms with Crippen LogP contribution in [0.15, 0.2) is 18.2 Å². The third-order valence-electron chi connectivity index (χ3n) is 4.31. The van der Waals surface area contributed by atoms with Crippen molar-refractivity contribution in [2.24, 2.45) is 0 Å². The first kappa shape index (κ1) is 20.0. The maximum atomic E-state index is 11.9. The number of carbonyl (C=O) groups is 2. The van der Waals surface area contributed by atoms with Crippen LogP contribution in [0.2, 0.25) is 0 Å². The molecule has 1 aliphatic rings. The molecular formula is C19H28N2O5. The minimum atomic E-state index is -0.127. The topological polar surface area (TPSA) is 85.9 Å². The first-order chi connectivity index (χ1) is 12.6. The quantitative estimate of drug-likeness (QED) is 0.656. The number of benzene rings is 1. The average molecular weight is 364 g/mol. The maximum absolute atomic E-state index is 11.9. The molecule has 7 heteroatoms. The van der Waals surface area contributed by atoms with Gasteiger partial charge >= 0.3 is 0 Å². The molecule has 2 rings (SSSR count). The molecule has 1 aromatic rings. The zero-order valence-electron chi connectivity index (χ0n) is 15.5. The molecule has 1 heterocycles. The van der Waals surface area contributed by atoms with Crippen molar-refractivity contribution < 1.29 is 23.8 Å². The summed E-state index contributed by atoms with van der Waals surface area (Å²) < 4.78 is 15.9. The van der Waals surface area contributed by atoms with E-state index >= 15 is 0 Å². The van der Waals surface area contributed by atoms with Crippen LogP contribution in [0.4, 0.5) is 0 Å². The fourth-order valence-corrected chi connectivity index (χ4v) is 2.82. The zero-order valence-corrected chi connectivity index (χ0v) is 15.5. The van der Waals surface area contributed by atoms with Crippen molar-refractivity contribution in [2.45, 2.75) is 38.2 Å². The lowest BCUT2D eigenvalue weighted by molar-refractivity contribution is -0.126. The standard InChI is InChI=1S/C19H28N2O5/c1-24-16-6-5-14(12-17(16)25-2)9-10-20-18(22)7-8-19(23)21-13-15-4-3-11-26-15/h5-6,12,15H,3-4,7-11,13H2,1-2H3,(H,20,22)(H,21,23). The molecule has 0 radical (unpaired) electrons. The molecule has 1 fully saturated rings. The van der Waals surface area contributed by atoms with Crippen LogP contribution in [-0.2, 0) is 20.7 Å². The van der Waals surface area contributed by atoms with E-state index in [1.165, 1.54) is 0 Å². The summed E-state index contributed by atoms with van der Waals surface area (Å²) in [6.07, 6.45) is 3.20. The highest BCUT2D eigenvalue weighted by Crippen LogP contribution is 2.27. The van der Waals surface area contributed by atoms with E-state index < -0.39 is 0 Å². The number of hydrogen-bond acceptors (Lipinski definition) is 5. The Morgan fingerprint density at radius 1 is 1.12 bits per heavy atom. The summed E-state index contributed by atoms with van der Waals surface area (Å²) in [5.74, 6) is 1.10. The Labute approximate surface area is 154 Å². The van der Waals surface area contributed by atoms with Crippen LogP contribution in [0, 0.1) is 0 Å². The number of ether oxygens (including phenoxy) is 3. The highest BCUT2D eigenvalue weighted by Gasteiger charge is 2.16. The zero-order chi connectivity index (χ0) is 18.8. The Morgan fingerprint density at radius 3 is 2.50 bits per heavy atom. The van der Waals surface area contributed by atoms with E-state index in [0.29, 0.717) is 31.0 Å². The Morgan fingerprint density at radius 2 is 1.85 bits per heavy atom. The van der Waals surface area contributed by atoms with Crippen molar-refractivity contribution in [3.8, 4) is 11.5 Å². The largest absolute Gasteiger partial charge is 0.493 e. The minimum absolute atomic E-state index is 0.115. The summed E-state index contributed by atoms with van der Waals surface area (Å²) >= 11 is 0. The first-order valence-corrected chi connectivity index (χ1v) is 8.98. The van der Waals surface area contributed by atoms with Crippen LogP contribution in [0.3, 0.4) is 0 Å². The summed E-state index contributed by atoms with van der Waals surface area (Å²) in [4.78, 5) is 23.6. The summed E-state index contributed by atoms with van der Waals surface area (Å²) in [6, 6.07) is 5.67. The SMILES string of the molecule is COc1ccc(CCNC(=O)CCC(=O)NCC2CCCO2)cc1OC. The summed E-state index contributed by atoms with van der Waals surface area (Å²) in [5.41, 5.74) is 1.04. The second kappa shape index (κ2) is 10.7. The number of rotatable bonds is 10.